The summed E-state index contributed by atoms with van der Waals surface area (Å²) in [7, 11) is 0. The SMILES string of the molecule is Cc1ccc(CC(NC=O)C(O)C(N)=O)cc1. The Bertz CT molecular complexity index is 389. The Hall–Kier alpha value is -1.88. The van der Waals surface area contributed by atoms with E-state index in [4.69, 9.17) is 5.73 Å². The smallest absolute Gasteiger partial charge is 0.248 e. The van der Waals surface area contributed by atoms with E-state index in [1.165, 1.54) is 0 Å². The summed E-state index contributed by atoms with van der Waals surface area (Å²) in [6.07, 6.45) is -0.588. The van der Waals surface area contributed by atoms with Gasteiger partial charge in [-0.2, -0.15) is 0 Å². The summed E-state index contributed by atoms with van der Waals surface area (Å²) in [6.45, 7) is 1.96. The predicted octanol–water partition coefficient (Wildman–Crippen LogP) is -0.502. The molecule has 2 unspecified atom stereocenters. The van der Waals surface area contributed by atoms with E-state index in [0.717, 1.165) is 11.1 Å². The Morgan fingerprint density at radius 2 is 2.06 bits per heavy atom. The summed E-state index contributed by atoms with van der Waals surface area (Å²) in [5.74, 6) is -0.850. The third kappa shape index (κ3) is 3.88. The molecule has 2 amide bonds. The molecule has 1 rings (SSSR count). The molecule has 0 heterocycles. The van der Waals surface area contributed by atoms with Crippen molar-refractivity contribution in [2.45, 2.75) is 25.5 Å². The van der Waals surface area contributed by atoms with Crippen molar-refractivity contribution in [3.05, 3.63) is 35.4 Å². The second-order valence-corrected chi connectivity index (χ2v) is 3.93. The van der Waals surface area contributed by atoms with Gasteiger partial charge in [-0.3, -0.25) is 9.59 Å². The third-order valence-electron chi connectivity index (χ3n) is 2.53. The van der Waals surface area contributed by atoms with Gasteiger partial charge in [0.25, 0.3) is 0 Å². The predicted molar refractivity (Wildman–Crippen MR) is 63.1 cm³/mol. The van der Waals surface area contributed by atoms with Gasteiger partial charge in [0.15, 0.2) is 6.10 Å². The molecule has 92 valence electrons. The number of carbonyl (C=O) groups excluding carboxylic acids is 2. The molecule has 0 radical (unpaired) electrons. The van der Waals surface area contributed by atoms with Crippen LogP contribution < -0.4 is 11.1 Å². The normalized spacial score (nSPS) is 13.8. The molecule has 0 aromatic heterocycles. The van der Waals surface area contributed by atoms with Crippen LogP contribution in [0.1, 0.15) is 11.1 Å². The molecule has 0 aliphatic carbocycles. The third-order valence-corrected chi connectivity index (χ3v) is 2.53. The van der Waals surface area contributed by atoms with Crippen molar-refractivity contribution in [2.75, 3.05) is 0 Å². The molecule has 5 heteroatoms. The highest BCUT2D eigenvalue weighted by Gasteiger charge is 2.23. The minimum atomic E-state index is -1.39. The van der Waals surface area contributed by atoms with Gasteiger partial charge in [-0.15, -0.1) is 0 Å². The van der Waals surface area contributed by atoms with Gasteiger partial charge < -0.3 is 16.2 Å². The number of aryl methyl sites for hydroxylation is 1. The van der Waals surface area contributed by atoms with Gasteiger partial charge in [0.2, 0.25) is 12.3 Å². The first-order valence-corrected chi connectivity index (χ1v) is 5.27. The molecule has 0 saturated heterocycles. The van der Waals surface area contributed by atoms with Gasteiger partial charge in [0, 0.05) is 0 Å². The number of nitrogens with one attached hydrogen (secondary N) is 1. The second-order valence-electron chi connectivity index (χ2n) is 3.93. The molecule has 2 atom stereocenters. The lowest BCUT2D eigenvalue weighted by Gasteiger charge is -2.19. The monoisotopic (exact) mass is 236 g/mol. The van der Waals surface area contributed by atoms with E-state index in [2.05, 4.69) is 5.32 Å². The van der Waals surface area contributed by atoms with Crippen LogP contribution in [0.3, 0.4) is 0 Å². The zero-order valence-corrected chi connectivity index (χ0v) is 9.59. The maximum atomic E-state index is 10.9. The van der Waals surface area contributed by atoms with Crippen molar-refractivity contribution in [3.8, 4) is 0 Å². The first kappa shape index (κ1) is 13.2. The number of carbonyl (C=O) groups is 2. The summed E-state index contributed by atoms with van der Waals surface area (Å²) in [6, 6.07) is 6.89. The Morgan fingerprint density at radius 3 is 2.53 bits per heavy atom. The molecule has 1 aromatic carbocycles. The Kier molecular flexibility index (Phi) is 4.66. The average Bonchev–Trinajstić information content (AvgIpc) is 2.30. The van der Waals surface area contributed by atoms with Gasteiger partial charge in [0.1, 0.15) is 0 Å². The molecule has 4 N–H and O–H groups in total. The molecule has 0 aliphatic rings. The summed E-state index contributed by atoms with van der Waals surface area (Å²) in [5, 5.41) is 11.9. The lowest BCUT2D eigenvalue weighted by molar-refractivity contribution is -0.127. The average molecular weight is 236 g/mol. The molecular formula is C12H16N2O3. The van der Waals surface area contributed by atoms with Crippen LogP contribution in [0.4, 0.5) is 0 Å². The second kappa shape index (κ2) is 6.00. The van der Waals surface area contributed by atoms with Gasteiger partial charge in [0.05, 0.1) is 6.04 Å². The largest absolute Gasteiger partial charge is 0.381 e. The quantitative estimate of drug-likeness (QED) is 0.581. The van der Waals surface area contributed by atoms with Crippen molar-refractivity contribution >= 4 is 12.3 Å². The van der Waals surface area contributed by atoms with Crippen molar-refractivity contribution < 1.29 is 14.7 Å². The van der Waals surface area contributed by atoms with Crippen molar-refractivity contribution in [1.82, 2.24) is 5.32 Å². The first-order chi connectivity index (χ1) is 8.04. The number of primary amides is 1. The number of hydrogen-bond acceptors (Lipinski definition) is 3. The number of nitrogens with two attached hydrogens (primary N) is 1. The molecule has 0 bridgehead atoms. The van der Waals surface area contributed by atoms with E-state index < -0.39 is 18.1 Å². The Balaban J connectivity index is 2.75. The highest BCUT2D eigenvalue weighted by Crippen LogP contribution is 2.08. The maximum absolute atomic E-state index is 10.9. The van der Waals surface area contributed by atoms with Crippen LogP contribution in [0, 0.1) is 6.92 Å². The lowest BCUT2D eigenvalue weighted by atomic mass is 10.0. The number of benzene rings is 1. The summed E-state index contributed by atoms with van der Waals surface area (Å²) >= 11 is 0. The van der Waals surface area contributed by atoms with Gasteiger partial charge >= 0.3 is 0 Å². The Labute approximate surface area is 99.6 Å². The van der Waals surface area contributed by atoms with E-state index in [1.807, 2.05) is 31.2 Å². The standard InChI is InChI=1S/C12H16N2O3/c1-8-2-4-9(5-3-8)6-10(14-7-15)11(16)12(13)17/h2-5,7,10-11,16H,6H2,1H3,(H2,13,17)(H,14,15). The zero-order valence-electron chi connectivity index (χ0n) is 9.59. The highest BCUT2D eigenvalue weighted by atomic mass is 16.3. The highest BCUT2D eigenvalue weighted by molar-refractivity contribution is 5.79. The van der Waals surface area contributed by atoms with Crippen LogP contribution >= 0.6 is 0 Å². The molecule has 1 aromatic rings. The van der Waals surface area contributed by atoms with E-state index in [0.29, 0.717) is 12.8 Å². The first-order valence-electron chi connectivity index (χ1n) is 5.27. The number of aliphatic hydroxyl groups is 1. The molecule has 0 fully saturated rings. The molecule has 0 spiro atoms. The van der Waals surface area contributed by atoms with Crippen LogP contribution in [-0.4, -0.2) is 29.6 Å². The minimum Gasteiger partial charge on any atom is -0.381 e. The lowest BCUT2D eigenvalue weighted by Crippen LogP contribution is -2.47. The summed E-state index contributed by atoms with van der Waals surface area (Å²) in [4.78, 5) is 21.3. The fourth-order valence-electron chi connectivity index (χ4n) is 1.53. The van der Waals surface area contributed by atoms with E-state index in [1.54, 1.807) is 0 Å². The number of amides is 2. The molecule has 0 saturated carbocycles. The Morgan fingerprint density at radius 1 is 1.47 bits per heavy atom. The van der Waals surface area contributed by atoms with Crippen LogP contribution in [0.5, 0.6) is 0 Å². The molecule has 0 aliphatic heterocycles. The van der Waals surface area contributed by atoms with E-state index >= 15 is 0 Å². The number of rotatable bonds is 6. The number of hydrogen-bond donors (Lipinski definition) is 3. The fraction of sp³-hybridized carbons (Fsp3) is 0.333. The van der Waals surface area contributed by atoms with Gasteiger partial charge in [-0.25, -0.2) is 0 Å². The summed E-state index contributed by atoms with van der Waals surface area (Å²) in [5.41, 5.74) is 7.03. The molecule has 5 nitrogen and oxygen atoms in total. The van der Waals surface area contributed by atoms with Crippen molar-refractivity contribution in [2.24, 2.45) is 5.73 Å². The van der Waals surface area contributed by atoms with Crippen molar-refractivity contribution in [1.29, 1.82) is 0 Å². The van der Waals surface area contributed by atoms with Gasteiger partial charge in [-0.1, -0.05) is 29.8 Å². The zero-order chi connectivity index (χ0) is 12.8. The van der Waals surface area contributed by atoms with Crippen molar-refractivity contribution in [3.63, 3.8) is 0 Å². The van der Waals surface area contributed by atoms with Crippen LogP contribution in [0.2, 0.25) is 0 Å². The van der Waals surface area contributed by atoms with Crippen LogP contribution in [-0.2, 0) is 16.0 Å². The van der Waals surface area contributed by atoms with Gasteiger partial charge in [-0.05, 0) is 18.9 Å². The molecule has 17 heavy (non-hydrogen) atoms. The van der Waals surface area contributed by atoms with E-state index in [-0.39, 0.29) is 0 Å². The maximum Gasteiger partial charge on any atom is 0.248 e. The number of aliphatic hydroxyl groups excluding tert-OH is 1. The van der Waals surface area contributed by atoms with Crippen LogP contribution in [0.15, 0.2) is 24.3 Å². The fourth-order valence-corrected chi connectivity index (χ4v) is 1.53. The summed E-state index contributed by atoms with van der Waals surface area (Å²) < 4.78 is 0. The van der Waals surface area contributed by atoms with Crippen LogP contribution in [0.25, 0.3) is 0 Å². The van der Waals surface area contributed by atoms with E-state index in [9.17, 15) is 14.7 Å². The minimum absolute atomic E-state index is 0.350. The molecular weight excluding hydrogens is 220 g/mol. The topological polar surface area (TPSA) is 92.4 Å².